The second kappa shape index (κ2) is 6.26. The maximum Gasteiger partial charge on any atom is 0.317 e. The molecule has 3 atom stereocenters. The predicted molar refractivity (Wildman–Crippen MR) is 71.9 cm³/mol. The van der Waals surface area contributed by atoms with Gasteiger partial charge in [-0.3, -0.25) is 4.79 Å². The van der Waals surface area contributed by atoms with Crippen LogP contribution in [0.25, 0.3) is 0 Å². The van der Waals surface area contributed by atoms with Gasteiger partial charge in [0, 0.05) is 25.6 Å². The van der Waals surface area contributed by atoms with Crippen LogP contribution in [-0.2, 0) is 4.79 Å². The molecule has 0 aromatic heterocycles. The summed E-state index contributed by atoms with van der Waals surface area (Å²) in [5, 5.41) is 11.9. The van der Waals surface area contributed by atoms with Crippen molar-refractivity contribution in [2.45, 2.75) is 51.5 Å². The van der Waals surface area contributed by atoms with Crippen molar-refractivity contribution in [3.05, 3.63) is 0 Å². The summed E-state index contributed by atoms with van der Waals surface area (Å²) in [6.45, 7) is 3.51. The summed E-state index contributed by atoms with van der Waals surface area (Å²) >= 11 is 0. The number of carboxylic acids is 1. The first-order chi connectivity index (χ1) is 9.10. The molecule has 0 radical (unpaired) electrons. The minimum absolute atomic E-state index is 0.00121. The molecule has 0 aromatic carbocycles. The van der Waals surface area contributed by atoms with Crippen LogP contribution in [0.5, 0.6) is 0 Å². The highest BCUT2D eigenvalue weighted by Crippen LogP contribution is 2.34. The molecule has 2 fully saturated rings. The van der Waals surface area contributed by atoms with Crippen molar-refractivity contribution >= 4 is 12.0 Å². The number of rotatable bonds is 5. The highest BCUT2D eigenvalue weighted by molar-refractivity contribution is 5.75. The first kappa shape index (κ1) is 14.2. The van der Waals surface area contributed by atoms with E-state index in [1.165, 1.54) is 12.8 Å². The second-order valence-electron chi connectivity index (χ2n) is 5.89. The van der Waals surface area contributed by atoms with Crippen LogP contribution < -0.4 is 5.32 Å². The molecule has 2 amide bonds. The third-order valence-electron chi connectivity index (χ3n) is 4.16. The van der Waals surface area contributed by atoms with Gasteiger partial charge in [0.1, 0.15) is 0 Å². The van der Waals surface area contributed by atoms with E-state index >= 15 is 0 Å². The predicted octanol–water partition coefficient (Wildman–Crippen LogP) is 2.07. The average Bonchev–Trinajstić information content (AvgIpc) is 3.07. The molecule has 0 aromatic rings. The van der Waals surface area contributed by atoms with E-state index in [2.05, 4.69) is 12.2 Å². The van der Waals surface area contributed by atoms with Crippen molar-refractivity contribution in [1.29, 1.82) is 0 Å². The lowest BCUT2D eigenvalue weighted by molar-refractivity contribution is -0.138. The van der Waals surface area contributed by atoms with Crippen LogP contribution in [0, 0.1) is 11.8 Å². The molecular formula is C14H24N2O3. The Morgan fingerprint density at radius 3 is 2.89 bits per heavy atom. The summed E-state index contributed by atoms with van der Waals surface area (Å²) in [4.78, 5) is 24.6. The van der Waals surface area contributed by atoms with E-state index in [1.54, 1.807) is 4.90 Å². The van der Waals surface area contributed by atoms with Crippen molar-refractivity contribution in [1.82, 2.24) is 10.2 Å². The average molecular weight is 268 g/mol. The van der Waals surface area contributed by atoms with Crippen LogP contribution in [0.3, 0.4) is 0 Å². The van der Waals surface area contributed by atoms with Gasteiger partial charge in [0.2, 0.25) is 0 Å². The molecular weight excluding hydrogens is 244 g/mol. The van der Waals surface area contributed by atoms with Gasteiger partial charge < -0.3 is 15.3 Å². The number of carbonyl (C=O) groups excluding carboxylic acids is 1. The van der Waals surface area contributed by atoms with Crippen LogP contribution in [0.2, 0.25) is 0 Å². The highest BCUT2D eigenvalue weighted by Gasteiger charge is 2.38. The molecule has 19 heavy (non-hydrogen) atoms. The Labute approximate surface area is 114 Å². The zero-order valence-electron chi connectivity index (χ0n) is 11.6. The van der Waals surface area contributed by atoms with Gasteiger partial charge in [-0.1, -0.05) is 13.3 Å². The smallest absolute Gasteiger partial charge is 0.317 e. The number of amides is 2. The molecule has 1 saturated heterocycles. The van der Waals surface area contributed by atoms with Gasteiger partial charge in [-0.2, -0.15) is 0 Å². The molecule has 5 heteroatoms. The third-order valence-corrected chi connectivity index (χ3v) is 4.16. The molecule has 1 heterocycles. The minimum atomic E-state index is -0.766. The standard InChI is InChI=1S/C14H24N2O3/c1-2-4-11-8-12(11)15-14(19)16-6-3-5-10(9-16)7-13(17)18/h10-12H,2-9H2,1H3,(H,15,19)(H,17,18). The summed E-state index contributed by atoms with van der Waals surface area (Å²) in [5.74, 6) is 0.00802. The lowest BCUT2D eigenvalue weighted by Crippen LogP contribution is -2.46. The molecule has 3 unspecified atom stereocenters. The quantitative estimate of drug-likeness (QED) is 0.802. The number of carboxylic acid groups (broad SMARTS) is 1. The molecule has 2 rings (SSSR count). The van der Waals surface area contributed by atoms with Gasteiger partial charge in [0.25, 0.3) is 0 Å². The van der Waals surface area contributed by atoms with Gasteiger partial charge in [0.15, 0.2) is 0 Å². The Hall–Kier alpha value is -1.26. The fourth-order valence-electron chi connectivity index (χ4n) is 3.03. The van der Waals surface area contributed by atoms with E-state index in [0.29, 0.717) is 18.5 Å². The normalized spacial score (nSPS) is 29.9. The Balaban J connectivity index is 1.74. The molecule has 1 saturated carbocycles. The van der Waals surface area contributed by atoms with Crippen LogP contribution >= 0.6 is 0 Å². The lowest BCUT2D eigenvalue weighted by atomic mass is 9.95. The first-order valence-electron chi connectivity index (χ1n) is 7.37. The van der Waals surface area contributed by atoms with E-state index in [0.717, 1.165) is 25.8 Å². The SMILES string of the molecule is CCCC1CC1NC(=O)N1CCCC(CC(=O)O)C1. The molecule has 108 valence electrons. The van der Waals surface area contributed by atoms with Crippen LogP contribution in [0.15, 0.2) is 0 Å². The second-order valence-corrected chi connectivity index (χ2v) is 5.89. The van der Waals surface area contributed by atoms with E-state index in [4.69, 9.17) is 5.11 Å². The summed E-state index contributed by atoms with van der Waals surface area (Å²) in [6.07, 6.45) is 5.46. The van der Waals surface area contributed by atoms with Gasteiger partial charge in [-0.25, -0.2) is 4.79 Å². The van der Waals surface area contributed by atoms with Crippen molar-refractivity contribution in [3.8, 4) is 0 Å². The van der Waals surface area contributed by atoms with Crippen molar-refractivity contribution < 1.29 is 14.7 Å². The Bertz CT molecular complexity index is 346. The number of piperidine rings is 1. The number of hydrogen-bond donors (Lipinski definition) is 2. The maximum atomic E-state index is 12.1. The number of hydrogen-bond acceptors (Lipinski definition) is 2. The Kier molecular flexibility index (Phi) is 4.66. The van der Waals surface area contributed by atoms with E-state index < -0.39 is 5.97 Å². The van der Waals surface area contributed by atoms with Gasteiger partial charge in [0.05, 0.1) is 0 Å². The molecule has 2 N–H and O–H groups in total. The zero-order chi connectivity index (χ0) is 13.8. The van der Waals surface area contributed by atoms with Crippen molar-refractivity contribution in [3.63, 3.8) is 0 Å². The summed E-state index contributed by atoms with van der Waals surface area (Å²) in [7, 11) is 0. The lowest BCUT2D eigenvalue weighted by Gasteiger charge is -2.32. The van der Waals surface area contributed by atoms with Crippen molar-refractivity contribution in [2.24, 2.45) is 11.8 Å². The number of nitrogens with one attached hydrogen (secondary N) is 1. The number of nitrogens with zero attached hydrogens (tertiary/aromatic N) is 1. The van der Waals surface area contributed by atoms with Gasteiger partial charge >= 0.3 is 12.0 Å². The van der Waals surface area contributed by atoms with Crippen molar-refractivity contribution in [2.75, 3.05) is 13.1 Å². The number of urea groups is 1. The molecule has 2 aliphatic rings. The van der Waals surface area contributed by atoms with Crippen LogP contribution in [0.4, 0.5) is 4.79 Å². The minimum Gasteiger partial charge on any atom is -0.481 e. The third kappa shape index (κ3) is 4.11. The fourth-order valence-corrected chi connectivity index (χ4v) is 3.03. The van der Waals surface area contributed by atoms with E-state index in [-0.39, 0.29) is 18.4 Å². The van der Waals surface area contributed by atoms with E-state index in [1.807, 2.05) is 0 Å². The topological polar surface area (TPSA) is 69.6 Å². The Morgan fingerprint density at radius 2 is 2.21 bits per heavy atom. The monoisotopic (exact) mass is 268 g/mol. The molecule has 1 aliphatic carbocycles. The number of aliphatic carboxylic acids is 1. The molecule has 0 bridgehead atoms. The Morgan fingerprint density at radius 1 is 1.42 bits per heavy atom. The maximum absolute atomic E-state index is 12.1. The summed E-state index contributed by atoms with van der Waals surface area (Å²) in [6, 6.07) is 0.353. The van der Waals surface area contributed by atoms with Gasteiger partial charge in [-0.05, 0) is 37.5 Å². The van der Waals surface area contributed by atoms with E-state index in [9.17, 15) is 9.59 Å². The molecule has 0 spiro atoms. The largest absolute Gasteiger partial charge is 0.481 e. The fraction of sp³-hybridized carbons (Fsp3) is 0.857. The van der Waals surface area contributed by atoms with Crippen LogP contribution in [0.1, 0.15) is 45.4 Å². The zero-order valence-corrected chi connectivity index (χ0v) is 11.6. The summed E-state index contributed by atoms with van der Waals surface area (Å²) < 4.78 is 0. The number of carbonyl (C=O) groups is 2. The molecule has 1 aliphatic heterocycles. The number of likely N-dealkylation sites (tertiary alicyclic amines) is 1. The first-order valence-corrected chi connectivity index (χ1v) is 7.37. The summed E-state index contributed by atoms with van der Waals surface area (Å²) in [5.41, 5.74) is 0. The van der Waals surface area contributed by atoms with Crippen LogP contribution in [-0.4, -0.2) is 41.1 Å². The highest BCUT2D eigenvalue weighted by atomic mass is 16.4. The molecule has 5 nitrogen and oxygen atoms in total. The van der Waals surface area contributed by atoms with Gasteiger partial charge in [-0.15, -0.1) is 0 Å².